The molecule has 0 N–H and O–H groups in total. The molecule has 0 aliphatic carbocycles. The third kappa shape index (κ3) is 4.66. The molecule has 29 heavy (non-hydrogen) atoms. The summed E-state index contributed by atoms with van der Waals surface area (Å²) in [6, 6.07) is 19.6. The molecule has 0 saturated heterocycles. The molecule has 0 radical (unpaired) electrons. The fourth-order valence-electron chi connectivity index (χ4n) is 2.42. The number of nitro benzene ring substituents is 2. The Morgan fingerprint density at radius 2 is 1.38 bits per heavy atom. The van der Waals surface area contributed by atoms with Crippen molar-refractivity contribution < 1.29 is 19.4 Å². The molecule has 9 nitrogen and oxygen atoms in total. The Hall–Kier alpha value is -4.40. The first-order valence-electron chi connectivity index (χ1n) is 8.30. The predicted octanol–water partition coefficient (Wildman–Crippen LogP) is 4.44. The van der Waals surface area contributed by atoms with Gasteiger partial charge in [0.05, 0.1) is 21.5 Å². The first-order chi connectivity index (χ1) is 14.0. The number of esters is 1. The zero-order valence-corrected chi connectivity index (χ0v) is 14.8. The highest BCUT2D eigenvalue weighted by atomic mass is 16.6. The molecule has 3 aromatic rings. The largest absolute Gasteiger partial charge is 0.403 e. The van der Waals surface area contributed by atoms with Crippen LogP contribution in [0.2, 0.25) is 0 Å². The number of nitrogens with zero attached hydrogens (tertiary/aromatic N) is 3. The average molecular weight is 391 g/mol. The van der Waals surface area contributed by atoms with Crippen LogP contribution < -0.4 is 0 Å². The normalized spacial score (nSPS) is 11.0. The summed E-state index contributed by atoms with van der Waals surface area (Å²) in [5.41, 5.74) is -0.527. The van der Waals surface area contributed by atoms with E-state index in [1.807, 2.05) is 0 Å². The number of carbonyl (C=O) groups is 1. The van der Waals surface area contributed by atoms with E-state index in [-0.39, 0.29) is 17.1 Å². The Morgan fingerprint density at radius 3 is 1.93 bits per heavy atom. The van der Waals surface area contributed by atoms with Crippen LogP contribution in [0.5, 0.6) is 0 Å². The molecule has 0 heterocycles. The lowest BCUT2D eigenvalue weighted by atomic mass is 10.2. The van der Waals surface area contributed by atoms with Crippen LogP contribution in [0.4, 0.5) is 17.1 Å². The van der Waals surface area contributed by atoms with Crippen LogP contribution >= 0.6 is 0 Å². The van der Waals surface area contributed by atoms with Gasteiger partial charge in [-0.1, -0.05) is 36.4 Å². The highest BCUT2D eigenvalue weighted by molar-refractivity contribution is 6.06. The standard InChI is InChI=1S/C20H13N3O6/c24-20(15-9-5-2-6-10-15)29-19(14-7-3-1-4-8-14)21-17-12-11-16(22(25)26)13-18(17)23(27)28/h1-13H. The van der Waals surface area contributed by atoms with Crippen LogP contribution in [0.15, 0.2) is 83.9 Å². The Morgan fingerprint density at radius 1 is 0.793 bits per heavy atom. The number of ether oxygens (including phenoxy) is 1. The third-order valence-corrected chi connectivity index (χ3v) is 3.81. The van der Waals surface area contributed by atoms with Gasteiger partial charge in [-0.25, -0.2) is 9.79 Å². The zero-order chi connectivity index (χ0) is 20.8. The summed E-state index contributed by atoms with van der Waals surface area (Å²) < 4.78 is 5.39. The number of carbonyl (C=O) groups excluding carboxylic acids is 1. The second kappa shape index (κ2) is 8.53. The van der Waals surface area contributed by atoms with Gasteiger partial charge in [0.25, 0.3) is 5.69 Å². The molecule has 0 saturated carbocycles. The van der Waals surface area contributed by atoms with E-state index in [0.717, 1.165) is 18.2 Å². The van der Waals surface area contributed by atoms with Crippen molar-refractivity contribution >= 4 is 28.9 Å². The molecule has 3 aromatic carbocycles. The van der Waals surface area contributed by atoms with Gasteiger partial charge < -0.3 is 4.74 Å². The summed E-state index contributed by atoms with van der Waals surface area (Å²) >= 11 is 0. The van der Waals surface area contributed by atoms with Gasteiger partial charge in [0.15, 0.2) is 0 Å². The van der Waals surface area contributed by atoms with Crippen LogP contribution in [-0.2, 0) is 4.74 Å². The second-order valence-corrected chi connectivity index (χ2v) is 5.73. The average Bonchev–Trinajstić information content (AvgIpc) is 2.74. The molecule has 0 aromatic heterocycles. The maximum absolute atomic E-state index is 12.5. The minimum atomic E-state index is -0.784. The van der Waals surface area contributed by atoms with E-state index < -0.39 is 27.2 Å². The van der Waals surface area contributed by atoms with Crippen molar-refractivity contribution in [1.82, 2.24) is 0 Å². The van der Waals surface area contributed by atoms with E-state index in [4.69, 9.17) is 4.74 Å². The summed E-state index contributed by atoms with van der Waals surface area (Å²) in [5.74, 6) is -0.867. The van der Waals surface area contributed by atoms with Crippen molar-refractivity contribution in [3.05, 3.63) is 110 Å². The third-order valence-electron chi connectivity index (χ3n) is 3.81. The molecule has 0 bridgehead atoms. The molecule has 0 aliphatic heterocycles. The smallest absolute Gasteiger partial charge is 0.344 e. The topological polar surface area (TPSA) is 125 Å². The fourth-order valence-corrected chi connectivity index (χ4v) is 2.42. The number of hydrogen-bond acceptors (Lipinski definition) is 7. The maximum Gasteiger partial charge on any atom is 0.344 e. The summed E-state index contributed by atoms with van der Waals surface area (Å²) in [7, 11) is 0. The summed E-state index contributed by atoms with van der Waals surface area (Å²) in [6.07, 6.45) is 0. The number of benzene rings is 3. The number of rotatable bonds is 5. The van der Waals surface area contributed by atoms with Crippen LogP contribution in [0.25, 0.3) is 0 Å². The van der Waals surface area contributed by atoms with Crippen LogP contribution in [0, 0.1) is 20.2 Å². The van der Waals surface area contributed by atoms with E-state index >= 15 is 0 Å². The van der Waals surface area contributed by atoms with Gasteiger partial charge in [0.2, 0.25) is 5.90 Å². The van der Waals surface area contributed by atoms with E-state index in [1.54, 1.807) is 60.7 Å². The minimum absolute atomic E-state index is 0.170. The van der Waals surface area contributed by atoms with Crippen LogP contribution in [0.1, 0.15) is 15.9 Å². The lowest BCUT2D eigenvalue weighted by molar-refractivity contribution is -0.393. The Kier molecular flexibility index (Phi) is 5.69. The van der Waals surface area contributed by atoms with Crippen molar-refractivity contribution in [3.63, 3.8) is 0 Å². The Bertz CT molecular complexity index is 1100. The quantitative estimate of drug-likeness (QED) is 0.208. The van der Waals surface area contributed by atoms with Gasteiger partial charge in [0.1, 0.15) is 5.69 Å². The molecule has 0 unspecified atom stereocenters. The molecule has 9 heteroatoms. The molecular weight excluding hydrogens is 378 g/mol. The molecular formula is C20H13N3O6. The van der Waals surface area contributed by atoms with E-state index in [9.17, 15) is 25.0 Å². The van der Waals surface area contributed by atoms with Crippen molar-refractivity contribution in [2.24, 2.45) is 4.99 Å². The van der Waals surface area contributed by atoms with E-state index in [2.05, 4.69) is 4.99 Å². The summed E-state index contributed by atoms with van der Waals surface area (Å²) in [6.45, 7) is 0. The molecule has 0 amide bonds. The number of hydrogen-bond donors (Lipinski definition) is 0. The van der Waals surface area contributed by atoms with Crippen molar-refractivity contribution in [3.8, 4) is 0 Å². The lowest BCUT2D eigenvalue weighted by Gasteiger charge is -2.08. The van der Waals surface area contributed by atoms with E-state index in [1.165, 1.54) is 0 Å². The van der Waals surface area contributed by atoms with Gasteiger partial charge >= 0.3 is 11.7 Å². The molecule has 0 atom stereocenters. The van der Waals surface area contributed by atoms with Gasteiger partial charge in [-0.3, -0.25) is 20.2 Å². The molecule has 144 valence electrons. The molecule has 0 fully saturated rings. The van der Waals surface area contributed by atoms with Crippen LogP contribution in [0.3, 0.4) is 0 Å². The van der Waals surface area contributed by atoms with Crippen molar-refractivity contribution in [1.29, 1.82) is 0 Å². The highest BCUT2D eigenvalue weighted by Gasteiger charge is 2.21. The van der Waals surface area contributed by atoms with Gasteiger partial charge in [0, 0.05) is 11.6 Å². The van der Waals surface area contributed by atoms with Crippen molar-refractivity contribution in [2.75, 3.05) is 0 Å². The Balaban J connectivity index is 2.07. The first kappa shape index (κ1) is 19.4. The Labute approximate surface area is 164 Å². The number of aliphatic imine (C=N–C) groups is 1. The number of nitro groups is 2. The van der Waals surface area contributed by atoms with Gasteiger partial charge in [-0.05, 0) is 30.3 Å². The van der Waals surface area contributed by atoms with Crippen LogP contribution in [-0.4, -0.2) is 21.7 Å². The SMILES string of the molecule is O=C(OC(=Nc1ccc([N+](=O)[O-])cc1[N+](=O)[O-])c1ccccc1)c1ccccc1. The minimum Gasteiger partial charge on any atom is -0.403 e. The van der Waals surface area contributed by atoms with Gasteiger partial charge in [-0.15, -0.1) is 0 Å². The lowest BCUT2D eigenvalue weighted by Crippen LogP contribution is -2.14. The highest BCUT2D eigenvalue weighted by Crippen LogP contribution is 2.32. The molecule has 0 aliphatic rings. The summed E-state index contributed by atoms with van der Waals surface area (Å²) in [4.78, 5) is 37.3. The fraction of sp³-hybridized carbons (Fsp3) is 0. The monoisotopic (exact) mass is 391 g/mol. The summed E-state index contributed by atoms with van der Waals surface area (Å²) in [5, 5.41) is 22.3. The van der Waals surface area contributed by atoms with Gasteiger partial charge in [-0.2, -0.15) is 0 Å². The first-order valence-corrected chi connectivity index (χ1v) is 8.30. The number of non-ortho nitro benzene ring substituents is 1. The molecule has 3 rings (SSSR count). The van der Waals surface area contributed by atoms with Crippen molar-refractivity contribution in [2.45, 2.75) is 0 Å². The van der Waals surface area contributed by atoms with E-state index in [0.29, 0.717) is 5.56 Å². The zero-order valence-electron chi connectivity index (χ0n) is 14.8. The molecule has 0 spiro atoms. The maximum atomic E-state index is 12.5. The second-order valence-electron chi connectivity index (χ2n) is 5.73. The predicted molar refractivity (Wildman–Crippen MR) is 104 cm³/mol.